The average Bonchev–Trinajstić information content (AvgIpc) is 2.68. The lowest BCUT2D eigenvalue weighted by atomic mass is 10.2. The topological polar surface area (TPSA) is 101 Å². The summed E-state index contributed by atoms with van der Waals surface area (Å²) >= 11 is 0. The Kier molecular flexibility index (Phi) is 7.52. The monoisotopic (exact) mass is 368 g/mol. The lowest BCUT2D eigenvalue weighted by molar-refractivity contribution is -0.129. The molecule has 0 fully saturated rings. The second-order valence-electron chi connectivity index (χ2n) is 5.25. The van der Waals surface area contributed by atoms with Gasteiger partial charge in [0.2, 0.25) is 11.8 Å². The Morgan fingerprint density at radius 3 is 1.63 bits per heavy atom. The SMILES string of the molecule is COc1ccccc1/C=N\NC(=O)CC(=O)N/N=C\c1ccccc1OC. The van der Waals surface area contributed by atoms with Crippen LogP contribution in [0, 0.1) is 0 Å². The summed E-state index contributed by atoms with van der Waals surface area (Å²) in [6.07, 6.45) is 2.47. The minimum Gasteiger partial charge on any atom is -0.496 e. The predicted molar refractivity (Wildman–Crippen MR) is 102 cm³/mol. The molecule has 0 unspecified atom stereocenters. The molecule has 2 aromatic carbocycles. The lowest BCUT2D eigenvalue weighted by Crippen LogP contribution is -2.27. The van der Waals surface area contributed by atoms with Crippen molar-refractivity contribution < 1.29 is 19.1 Å². The molecule has 8 nitrogen and oxygen atoms in total. The van der Waals surface area contributed by atoms with Crippen LogP contribution in [0.3, 0.4) is 0 Å². The summed E-state index contributed by atoms with van der Waals surface area (Å²) in [5, 5.41) is 7.63. The number of ether oxygens (including phenoxy) is 2. The van der Waals surface area contributed by atoms with Crippen LogP contribution in [0.4, 0.5) is 0 Å². The molecule has 0 aliphatic heterocycles. The molecule has 0 aliphatic rings. The Morgan fingerprint density at radius 1 is 0.815 bits per heavy atom. The number of para-hydroxylation sites is 2. The van der Waals surface area contributed by atoms with Crippen molar-refractivity contribution >= 4 is 24.2 Å². The van der Waals surface area contributed by atoms with Crippen molar-refractivity contribution in [2.45, 2.75) is 6.42 Å². The second-order valence-corrected chi connectivity index (χ2v) is 5.25. The van der Waals surface area contributed by atoms with E-state index < -0.39 is 18.2 Å². The summed E-state index contributed by atoms with van der Waals surface area (Å²) in [6.45, 7) is 0. The zero-order valence-corrected chi connectivity index (χ0v) is 15.0. The first-order valence-electron chi connectivity index (χ1n) is 8.04. The molecule has 8 heteroatoms. The van der Waals surface area contributed by atoms with Crippen molar-refractivity contribution in [1.82, 2.24) is 10.9 Å². The van der Waals surface area contributed by atoms with Crippen LogP contribution < -0.4 is 20.3 Å². The zero-order chi connectivity index (χ0) is 19.5. The van der Waals surface area contributed by atoms with Gasteiger partial charge < -0.3 is 9.47 Å². The molecule has 2 aromatic rings. The van der Waals surface area contributed by atoms with E-state index in [0.717, 1.165) is 0 Å². The molecule has 0 aromatic heterocycles. The third kappa shape index (κ3) is 6.28. The number of nitrogens with zero attached hydrogens (tertiary/aromatic N) is 2. The molecule has 0 saturated heterocycles. The maximum Gasteiger partial charge on any atom is 0.249 e. The predicted octanol–water partition coefficient (Wildman–Crippen LogP) is 1.69. The number of benzene rings is 2. The van der Waals surface area contributed by atoms with Crippen LogP contribution in [0.25, 0.3) is 0 Å². The first kappa shape index (κ1) is 19.6. The summed E-state index contributed by atoms with van der Waals surface area (Å²) in [4.78, 5) is 23.5. The molecule has 0 atom stereocenters. The van der Waals surface area contributed by atoms with Crippen molar-refractivity contribution in [2.24, 2.45) is 10.2 Å². The molecule has 0 spiro atoms. The van der Waals surface area contributed by atoms with Crippen molar-refractivity contribution in [3.8, 4) is 11.5 Å². The molecule has 0 aliphatic carbocycles. The van der Waals surface area contributed by atoms with Gasteiger partial charge in [0.05, 0.1) is 26.6 Å². The van der Waals surface area contributed by atoms with E-state index >= 15 is 0 Å². The van der Waals surface area contributed by atoms with Gasteiger partial charge in [-0.1, -0.05) is 24.3 Å². The highest BCUT2D eigenvalue weighted by Crippen LogP contribution is 2.15. The Morgan fingerprint density at radius 2 is 1.22 bits per heavy atom. The summed E-state index contributed by atoms with van der Waals surface area (Å²) in [7, 11) is 3.09. The first-order valence-corrected chi connectivity index (χ1v) is 8.04. The van der Waals surface area contributed by atoms with Crippen LogP contribution in [0.2, 0.25) is 0 Å². The maximum atomic E-state index is 11.7. The average molecular weight is 368 g/mol. The van der Waals surface area contributed by atoms with Gasteiger partial charge in [0.1, 0.15) is 17.9 Å². The zero-order valence-electron chi connectivity index (χ0n) is 15.0. The number of hydrogen-bond acceptors (Lipinski definition) is 6. The number of hydrogen-bond donors (Lipinski definition) is 2. The molecular weight excluding hydrogens is 348 g/mol. The van der Waals surface area contributed by atoms with Gasteiger partial charge in [-0.15, -0.1) is 0 Å². The minimum atomic E-state index is -0.564. The van der Waals surface area contributed by atoms with Crippen molar-refractivity contribution in [2.75, 3.05) is 14.2 Å². The largest absolute Gasteiger partial charge is 0.496 e. The number of carbonyl (C=O) groups is 2. The molecule has 0 heterocycles. The van der Waals surface area contributed by atoms with Crippen LogP contribution in [0.5, 0.6) is 11.5 Å². The standard InChI is InChI=1S/C19H20N4O4/c1-26-16-9-5-3-7-14(16)12-20-22-18(24)11-19(25)23-21-13-15-8-4-6-10-17(15)27-2/h3-10,12-13H,11H2,1-2H3,(H,22,24)(H,23,25)/b20-12-,21-13-. The first-order chi connectivity index (χ1) is 13.1. The van der Waals surface area contributed by atoms with E-state index in [2.05, 4.69) is 21.1 Å². The molecule has 0 radical (unpaired) electrons. The highest BCUT2D eigenvalue weighted by Gasteiger charge is 2.08. The number of hydrazone groups is 2. The summed E-state index contributed by atoms with van der Waals surface area (Å²) < 4.78 is 10.3. The maximum absolute atomic E-state index is 11.7. The number of methoxy groups -OCH3 is 2. The van der Waals surface area contributed by atoms with Gasteiger partial charge in [0.25, 0.3) is 0 Å². The number of carbonyl (C=O) groups excluding carboxylic acids is 2. The quantitative estimate of drug-likeness (QED) is 0.421. The van der Waals surface area contributed by atoms with Gasteiger partial charge in [-0.3, -0.25) is 9.59 Å². The molecule has 0 saturated carbocycles. The van der Waals surface area contributed by atoms with E-state index in [1.165, 1.54) is 12.4 Å². The molecule has 2 amide bonds. The van der Waals surface area contributed by atoms with E-state index in [9.17, 15) is 9.59 Å². The molecule has 2 rings (SSSR count). The highest BCUT2D eigenvalue weighted by molar-refractivity contribution is 5.97. The number of nitrogens with one attached hydrogen (secondary N) is 2. The number of amides is 2. The molecular formula is C19H20N4O4. The molecule has 0 bridgehead atoms. The molecule has 2 N–H and O–H groups in total. The minimum absolute atomic E-state index is 0.410. The van der Waals surface area contributed by atoms with Gasteiger partial charge in [-0.2, -0.15) is 10.2 Å². The Labute approximate surface area is 156 Å². The van der Waals surface area contributed by atoms with Gasteiger partial charge in [0.15, 0.2) is 0 Å². The fourth-order valence-corrected chi connectivity index (χ4v) is 2.12. The summed E-state index contributed by atoms with van der Waals surface area (Å²) in [6, 6.07) is 14.4. The van der Waals surface area contributed by atoms with Gasteiger partial charge in [-0.25, -0.2) is 10.9 Å². The van der Waals surface area contributed by atoms with Gasteiger partial charge in [0, 0.05) is 11.1 Å². The normalized spacial score (nSPS) is 10.7. The highest BCUT2D eigenvalue weighted by atomic mass is 16.5. The Bertz CT molecular complexity index is 780. The van der Waals surface area contributed by atoms with Crippen LogP contribution in [0.1, 0.15) is 17.5 Å². The fraction of sp³-hybridized carbons (Fsp3) is 0.158. The fourth-order valence-electron chi connectivity index (χ4n) is 2.12. The van der Waals surface area contributed by atoms with E-state index in [1.807, 2.05) is 24.3 Å². The summed E-state index contributed by atoms with van der Waals surface area (Å²) in [5.41, 5.74) is 5.96. The Hall–Kier alpha value is -3.68. The van der Waals surface area contributed by atoms with E-state index in [0.29, 0.717) is 22.6 Å². The van der Waals surface area contributed by atoms with Crippen LogP contribution in [-0.2, 0) is 9.59 Å². The van der Waals surface area contributed by atoms with Crippen LogP contribution in [-0.4, -0.2) is 38.5 Å². The van der Waals surface area contributed by atoms with Crippen molar-refractivity contribution in [3.63, 3.8) is 0 Å². The van der Waals surface area contributed by atoms with Crippen molar-refractivity contribution in [1.29, 1.82) is 0 Å². The van der Waals surface area contributed by atoms with Gasteiger partial charge >= 0.3 is 0 Å². The summed E-state index contributed by atoms with van der Waals surface area (Å²) in [5.74, 6) is 0.120. The van der Waals surface area contributed by atoms with Crippen LogP contribution >= 0.6 is 0 Å². The second kappa shape index (κ2) is 10.3. The Balaban J connectivity index is 1.81. The smallest absolute Gasteiger partial charge is 0.249 e. The molecule has 27 heavy (non-hydrogen) atoms. The lowest BCUT2D eigenvalue weighted by Gasteiger charge is -2.04. The van der Waals surface area contributed by atoms with E-state index in [4.69, 9.17) is 9.47 Å². The third-order valence-corrected chi connectivity index (χ3v) is 3.38. The molecule has 140 valence electrons. The van der Waals surface area contributed by atoms with Crippen molar-refractivity contribution in [3.05, 3.63) is 59.7 Å². The van der Waals surface area contributed by atoms with Gasteiger partial charge in [-0.05, 0) is 24.3 Å². The number of rotatable bonds is 8. The van der Waals surface area contributed by atoms with E-state index in [-0.39, 0.29) is 0 Å². The third-order valence-electron chi connectivity index (χ3n) is 3.38. The van der Waals surface area contributed by atoms with E-state index in [1.54, 1.807) is 38.5 Å². The van der Waals surface area contributed by atoms with Crippen LogP contribution in [0.15, 0.2) is 58.7 Å².